The molecule has 8 aromatic rings. The van der Waals surface area contributed by atoms with Crippen molar-refractivity contribution in [3.63, 3.8) is 0 Å². The highest BCUT2D eigenvalue weighted by atomic mass is 16.3. The van der Waals surface area contributed by atoms with Crippen molar-refractivity contribution in [2.24, 2.45) is 0 Å². The number of nitrogens with zero attached hydrogens (tertiary/aromatic N) is 3. The smallest absolute Gasteiger partial charge is 0.149 e. The Morgan fingerprint density at radius 3 is 1.93 bits per heavy atom. The van der Waals surface area contributed by atoms with Crippen LogP contribution in [0.4, 0.5) is 0 Å². The van der Waals surface area contributed by atoms with Crippen molar-refractivity contribution >= 4 is 22.0 Å². The van der Waals surface area contributed by atoms with Gasteiger partial charge in [0.05, 0.1) is 22.3 Å². The van der Waals surface area contributed by atoms with Gasteiger partial charge in [0.2, 0.25) is 0 Å². The normalized spacial score (nSPS) is 11.4. The largest absolute Gasteiger partial charge is 0.464 e. The zero-order chi connectivity index (χ0) is 27.2. The first-order valence-electron chi connectivity index (χ1n) is 13.7. The van der Waals surface area contributed by atoms with E-state index in [0.717, 1.165) is 67.0 Å². The van der Waals surface area contributed by atoms with E-state index in [9.17, 15) is 0 Å². The van der Waals surface area contributed by atoms with Gasteiger partial charge in [-0.25, -0.2) is 4.98 Å². The molecule has 8 rings (SSSR count). The van der Waals surface area contributed by atoms with Crippen LogP contribution in [-0.4, -0.2) is 14.1 Å². The van der Waals surface area contributed by atoms with Crippen molar-refractivity contribution in [1.29, 1.82) is 0 Å². The van der Waals surface area contributed by atoms with E-state index in [0.29, 0.717) is 0 Å². The van der Waals surface area contributed by atoms with Gasteiger partial charge in [0.1, 0.15) is 17.7 Å². The lowest BCUT2D eigenvalue weighted by Gasteiger charge is -2.19. The highest BCUT2D eigenvalue weighted by Crippen LogP contribution is 2.42. The molecule has 0 saturated carbocycles. The summed E-state index contributed by atoms with van der Waals surface area (Å²) in [6.45, 7) is 0. The standard InChI is InChI=1S/C37H25N3O/c1-3-12-26(13-4-1)29-16-11-17-30(27-14-5-2-6-15-27)36(29)40-34-19-8-7-18-33(34)38-37(40)32-25-41-35-21-20-28(24-31(32)35)39-22-9-10-23-39/h1-25H. The highest BCUT2D eigenvalue weighted by Gasteiger charge is 2.23. The quantitative estimate of drug-likeness (QED) is 0.223. The minimum Gasteiger partial charge on any atom is -0.464 e. The number of furan rings is 1. The molecule has 3 aromatic heterocycles. The molecule has 0 atom stereocenters. The molecular weight excluding hydrogens is 502 g/mol. The number of imidazole rings is 1. The third-order valence-corrected chi connectivity index (χ3v) is 7.69. The van der Waals surface area contributed by atoms with Crippen LogP contribution in [0.1, 0.15) is 0 Å². The van der Waals surface area contributed by atoms with Crippen molar-refractivity contribution in [3.8, 4) is 45.0 Å². The molecule has 0 fully saturated rings. The topological polar surface area (TPSA) is 35.9 Å². The Hall–Kier alpha value is -5.61. The minimum atomic E-state index is 0.828. The fourth-order valence-corrected chi connectivity index (χ4v) is 5.78. The molecule has 0 aliphatic heterocycles. The second kappa shape index (κ2) is 9.54. The van der Waals surface area contributed by atoms with Gasteiger partial charge in [-0.05, 0) is 53.6 Å². The first kappa shape index (κ1) is 23.3. The van der Waals surface area contributed by atoms with Gasteiger partial charge >= 0.3 is 0 Å². The van der Waals surface area contributed by atoms with Crippen molar-refractivity contribution in [2.75, 3.05) is 0 Å². The van der Waals surface area contributed by atoms with E-state index >= 15 is 0 Å². The number of hydrogen-bond donors (Lipinski definition) is 0. The summed E-state index contributed by atoms with van der Waals surface area (Å²) in [5.74, 6) is 0.843. The number of rotatable bonds is 5. The predicted octanol–water partition coefficient (Wildman–Crippen LogP) is 9.56. The average molecular weight is 528 g/mol. The lowest BCUT2D eigenvalue weighted by molar-refractivity contribution is 0.616. The van der Waals surface area contributed by atoms with Crippen molar-refractivity contribution < 1.29 is 4.42 Å². The molecule has 0 aliphatic carbocycles. The lowest BCUT2D eigenvalue weighted by Crippen LogP contribution is -2.03. The van der Waals surface area contributed by atoms with Crippen LogP contribution < -0.4 is 0 Å². The van der Waals surface area contributed by atoms with Gasteiger partial charge < -0.3 is 8.98 Å². The molecule has 0 spiro atoms. The molecule has 0 radical (unpaired) electrons. The average Bonchev–Trinajstić information content (AvgIpc) is 3.80. The van der Waals surface area contributed by atoms with Crippen molar-refractivity contribution in [1.82, 2.24) is 14.1 Å². The third-order valence-electron chi connectivity index (χ3n) is 7.69. The Morgan fingerprint density at radius 1 is 0.561 bits per heavy atom. The van der Waals surface area contributed by atoms with Gasteiger partial charge in [-0.2, -0.15) is 0 Å². The fraction of sp³-hybridized carbons (Fsp3) is 0. The second-order valence-electron chi connectivity index (χ2n) is 10.1. The van der Waals surface area contributed by atoms with Crippen LogP contribution in [0.2, 0.25) is 0 Å². The molecule has 0 saturated heterocycles. The summed E-state index contributed by atoms with van der Waals surface area (Å²) < 4.78 is 10.6. The van der Waals surface area contributed by atoms with Gasteiger partial charge in [-0.15, -0.1) is 0 Å². The summed E-state index contributed by atoms with van der Waals surface area (Å²) in [6, 6.07) is 46.4. The summed E-state index contributed by atoms with van der Waals surface area (Å²) in [5.41, 5.74) is 10.5. The molecule has 41 heavy (non-hydrogen) atoms. The third kappa shape index (κ3) is 3.88. The Kier molecular flexibility index (Phi) is 5.42. The summed E-state index contributed by atoms with van der Waals surface area (Å²) in [5, 5.41) is 1.02. The molecule has 4 nitrogen and oxygen atoms in total. The number of para-hydroxylation sites is 3. The number of benzene rings is 5. The van der Waals surface area contributed by atoms with Crippen molar-refractivity contribution in [2.45, 2.75) is 0 Å². The maximum absolute atomic E-state index is 6.13. The Labute approximate surface area is 237 Å². The van der Waals surface area contributed by atoms with Crippen molar-refractivity contribution in [3.05, 3.63) is 152 Å². The fourth-order valence-electron chi connectivity index (χ4n) is 5.78. The summed E-state index contributed by atoms with van der Waals surface area (Å²) in [7, 11) is 0. The van der Waals surface area contributed by atoms with E-state index in [1.165, 1.54) is 0 Å². The van der Waals surface area contributed by atoms with E-state index in [2.05, 4.69) is 131 Å². The Bertz CT molecular complexity index is 2080. The zero-order valence-electron chi connectivity index (χ0n) is 22.2. The van der Waals surface area contributed by atoms with Gasteiger partial charge in [0.15, 0.2) is 0 Å². The van der Waals surface area contributed by atoms with Crippen LogP contribution in [0.3, 0.4) is 0 Å². The van der Waals surface area contributed by atoms with Gasteiger partial charge in [-0.3, -0.25) is 4.57 Å². The molecule has 0 bridgehead atoms. The van der Waals surface area contributed by atoms with E-state index < -0.39 is 0 Å². The van der Waals surface area contributed by atoms with E-state index in [1.807, 2.05) is 30.5 Å². The first-order valence-corrected chi connectivity index (χ1v) is 13.7. The van der Waals surface area contributed by atoms with Crippen LogP contribution in [0.25, 0.3) is 67.0 Å². The second-order valence-corrected chi connectivity index (χ2v) is 10.1. The van der Waals surface area contributed by atoms with E-state index in [4.69, 9.17) is 9.40 Å². The van der Waals surface area contributed by atoms with Crippen LogP contribution in [0.5, 0.6) is 0 Å². The first-order chi connectivity index (χ1) is 20.3. The summed E-state index contributed by atoms with van der Waals surface area (Å²) in [6.07, 6.45) is 5.95. The predicted molar refractivity (Wildman–Crippen MR) is 166 cm³/mol. The van der Waals surface area contributed by atoms with Gasteiger partial charge in [0.25, 0.3) is 0 Å². The molecule has 0 N–H and O–H groups in total. The molecule has 0 unspecified atom stereocenters. The van der Waals surface area contributed by atoms with Crippen LogP contribution >= 0.6 is 0 Å². The maximum atomic E-state index is 6.13. The minimum absolute atomic E-state index is 0.828. The SMILES string of the molecule is c1ccc(-c2cccc(-c3ccccc3)c2-n2c(-c3coc4ccc(-n5cccc5)cc34)nc3ccccc32)cc1. The van der Waals surface area contributed by atoms with Gasteiger partial charge in [0, 0.05) is 34.6 Å². The number of aromatic nitrogens is 3. The lowest BCUT2D eigenvalue weighted by atomic mass is 9.95. The molecule has 0 aliphatic rings. The number of fused-ring (bicyclic) bond motifs is 2. The van der Waals surface area contributed by atoms with Gasteiger partial charge in [-0.1, -0.05) is 91.0 Å². The molecule has 3 heterocycles. The monoisotopic (exact) mass is 527 g/mol. The highest BCUT2D eigenvalue weighted by molar-refractivity contribution is 5.98. The summed E-state index contributed by atoms with van der Waals surface area (Å²) >= 11 is 0. The molecule has 194 valence electrons. The zero-order valence-corrected chi connectivity index (χ0v) is 22.2. The molecule has 5 aromatic carbocycles. The van der Waals surface area contributed by atoms with E-state index in [1.54, 1.807) is 0 Å². The Morgan fingerprint density at radius 2 is 1.22 bits per heavy atom. The van der Waals surface area contributed by atoms with E-state index in [-0.39, 0.29) is 0 Å². The molecule has 0 amide bonds. The Balaban J connectivity index is 1.47. The molecule has 4 heteroatoms. The van der Waals surface area contributed by atoms with Crippen LogP contribution in [0, 0.1) is 0 Å². The summed E-state index contributed by atoms with van der Waals surface area (Å²) in [4.78, 5) is 5.24. The maximum Gasteiger partial charge on any atom is 0.149 e. The number of hydrogen-bond acceptors (Lipinski definition) is 2. The molecular formula is C37H25N3O. The van der Waals surface area contributed by atoms with Crippen LogP contribution in [-0.2, 0) is 0 Å². The van der Waals surface area contributed by atoms with Crippen LogP contribution in [0.15, 0.2) is 157 Å².